The third kappa shape index (κ3) is 6.23. The first kappa shape index (κ1) is 35.2. The molecule has 282 valence electrons. The summed E-state index contributed by atoms with van der Waals surface area (Å²) >= 11 is 0. The van der Waals surface area contributed by atoms with Crippen LogP contribution in [0.1, 0.15) is 0 Å². The van der Waals surface area contributed by atoms with Gasteiger partial charge in [0.2, 0.25) is 0 Å². The Labute approximate surface area is 350 Å². The average molecular weight is 765 g/mol. The van der Waals surface area contributed by atoms with Gasteiger partial charge in [0.1, 0.15) is 0 Å². The summed E-state index contributed by atoms with van der Waals surface area (Å²) in [5.41, 5.74) is 16.3. The number of hydrogen-bond donors (Lipinski definition) is 0. The quantitative estimate of drug-likeness (QED) is 0.150. The van der Waals surface area contributed by atoms with Gasteiger partial charge in [-0.15, -0.1) is 0 Å². The third-order valence-electron chi connectivity index (χ3n) is 11.8. The lowest BCUT2D eigenvalue weighted by atomic mass is 9.94. The molecule has 11 rings (SSSR count). The minimum absolute atomic E-state index is 1.08. The van der Waals surface area contributed by atoms with Crippen molar-refractivity contribution in [3.63, 3.8) is 0 Å². The van der Waals surface area contributed by atoms with Gasteiger partial charge in [-0.05, 0) is 98.2 Å². The Hall–Kier alpha value is -7.94. The minimum Gasteiger partial charge on any atom is -0.310 e. The van der Waals surface area contributed by atoms with Crippen molar-refractivity contribution in [3.05, 3.63) is 243 Å². The molecule has 0 radical (unpaired) electrons. The molecule has 11 aromatic rings. The number of benzene rings is 10. The first-order valence-corrected chi connectivity index (χ1v) is 20.6. The Morgan fingerprint density at radius 2 is 0.767 bits per heavy atom. The Kier molecular flexibility index (Phi) is 8.87. The van der Waals surface area contributed by atoms with Crippen LogP contribution in [0.15, 0.2) is 243 Å². The monoisotopic (exact) mass is 764 g/mol. The Morgan fingerprint density at radius 1 is 0.267 bits per heavy atom. The van der Waals surface area contributed by atoms with Gasteiger partial charge in [0.25, 0.3) is 0 Å². The van der Waals surface area contributed by atoms with Crippen molar-refractivity contribution in [2.45, 2.75) is 0 Å². The second-order valence-corrected chi connectivity index (χ2v) is 15.3. The number of anilines is 3. The van der Waals surface area contributed by atoms with E-state index in [1.807, 2.05) is 0 Å². The molecule has 0 bridgehead atoms. The van der Waals surface area contributed by atoms with Crippen LogP contribution in [0.25, 0.3) is 82.8 Å². The van der Waals surface area contributed by atoms with E-state index >= 15 is 0 Å². The second-order valence-electron chi connectivity index (χ2n) is 15.3. The van der Waals surface area contributed by atoms with Crippen molar-refractivity contribution in [2.24, 2.45) is 0 Å². The fourth-order valence-electron chi connectivity index (χ4n) is 9.02. The number of rotatable bonds is 8. The smallest absolute Gasteiger partial charge is 0.0562 e. The zero-order chi connectivity index (χ0) is 39.8. The predicted molar refractivity (Wildman–Crippen MR) is 255 cm³/mol. The second kappa shape index (κ2) is 15.1. The van der Waals surface area contributed by atoms with Gasteiger partial charge in [-0.25, -0.2) is 0 Å². The van der Waals surface area contributed by atoms with E-state index in [0.717, 1.165) is 33.8 Å². The third-order valence-corrected chi connectivity index (χ3v) is 11.8. The van der Waals surface area contributed by atoms with Crippen LogP contribution in [0.5, 0.6) is 0 Å². The van der Waals surface area contributed by atoms with Crippen molar-refractivity contribution in [1.29, 1.82) is 0 Å². The molecular formula is C58H40N2. The standard InChI is InChI=1S/C58H40N2/c1-3-17-41(18-4-1)50-26-9-10-27-52(50)45-23-15-24-47(39-45)59(46-35-33-44(34-36-46)51-30-16-22-42-21-7-8-25-49(42)51)48-37-38-55-54-29-12-14-32-57(54)60(58(55)40-48)56-31-13-11-28-53(56)43-19-5-2-6-20-43/h1-40H. The first-order chi connectivity index (χ1) is 29.8. The summed E-state index contributed by atoms with van der Waals surface area (Å²) in [5.74, 6) is 0. The fraction of sp³-hybridized carbons (Fsp3) is 0. The number of aromatic nitrogens is 1. The summed E-state index contributed by atoms with van der Waals surface area (Å²) in [5, 5.41) is 4.94. The molecule has 10 aromatic carbocycles. The highest BCUT2D eigenvalue weighted by Gasteiger charge is 2.20. The summed E-state index contributed by atoms with van der Waals surface area (Å²) in [4.78, 5) is 2.41. The summed E-state index contributed by atoms with van der Waals surface area (Å²) in [6, 6.07) is 87.9. The highest BCUT2D eigenvalue weighted by Crippen LogP contribution is 2.43. The molecule has 0 saturated carbocycles. The molecule has 0 saturated heterocycles. The Balaban J connectivity index is 1.12. The number of fused-ring (bicyclic) bond motifs is 4. The normalized spacial score (nSPS) is 11.3. The molecule has 2 nitrogen and oxygen atoms in total. The largest absolute Gasteiger partial charge is 0.310 e. The number of para-hydroxylation sites is 2. The Bertz CT molecular complexity index is 3300. The van der Waals surface area contributed by atoms with Crippen molar-refractivity contribution < 1.29 is 0 Å². The van der Waals surface area contributed by atoms with Crippen LogP contribution in [-0.2, 0) is 0 Å². The van der Waals surface area contributed by atoms with Gasteiger partial charge in [-0.2, -0.15) is 0 Å². The van der Waals surface area contributed by atoms with Crippen LogP contribution < -0.4 is 4.90 Å². The zero-order valence-electron chi connectivity index (χ0n) is 33.0. The van der Waals surface area contributed by atoms with Gasteiger partial charge < -0.3 is 9.47 Å². The van der Waals surface area contributed by atoms with Gasteiger partial charge in [-0.3, -0.25) is 0 Å². The van der Waals surface area contributed by atoms with Gasteiger partial charge in [0, 0.05) is 33.4 Å². The molecule has 0 amide bonds. The van der Waals surface area contributed by atoms with Crippen molar-refractivity contribution >= 4 is 49.6 Å². The molecule has 0 N–H and O–H groups in total. The molecule has 0 aliphatic heterocycles. The van der Waals surface area contributed by atoms with E-state index in [2.05, 4.69) is 252 Å². The van der Waals surface area contributed by atoms with Gasteiger partial charge in [0.15, 0.2) is 0 Å². The highest BCUT2D eigenvalue weighted by atomic mass is 15.1. The van der Waals surface area contributed by atoms with Crippen molar-refractivity contribution in [2.75, 3.05) is 4.90 Å². The molecular weight excluding hydrogens is 725 g/mol. The average Bonchev–Trinajstić information content (AvgIpc) is 3.66. The van der Waals surface area contributed by atoms with E-state index in [4.69, 9.17) is 0 Å². The van der Waals surface area contributed by atoms with Crippen LogP contribution in [0.3, 0.4) is 0 Å². The van der Waals surface area contributed by atoms with E-state index in [-0.39, 0.29) is 0 Å². The molecule has 1 aromatic heterocycles. The molecule has 0 unspecified atom stereocenters. The maximum Gasteiger partial charge on any atom is 0.0562 e. The van der Waals surface area contributed by atoms with Gasteiger partial charge in [0.05, 0.1) is 16.7 Å². The SMILES string of the molecule is c1ccc(-c2ccccc2-c2cccc(N(c3ccc(-c4cccc5ccccc45)cc3)c3ccc4c5ccccc5n(-c5ccccc5-c5ccccc5)c4c3)c2)cc1. The molecule has 0 spiro atoms. The van der Waals surface area contributed by atoms with Crippen LogP contribution >= 0.6 is 0 Å². The molecule has 0 aliphatic rings. The zero-order valence-corrected chi connectivity index (χ0v) is 33.0. The topological polar surface area (TPSA) is 8.17 Å². The van der Waals surface area contributed by atoms with Crippen LogP contribution in [-0.4, -0.2) is 4.57 Å². The molecule has 0 aliphatic carbocycles. The van der Waals surface area contributed by atoms with Crippen LogP contribution in [0.4, 0.5) is 17.1 Å². The number of nitrogens with zero attached hydrogens (tertiary/aromatic N) is 2. The van der Waals surface area contributed by atoms with Crippen LogP contribution in [0.2, 0.25) is 0 Å². The number of hydrogen-bond acceptors (Lipinski definition) is 1. The molecule has 2 heteroatoms. The van der Waals surface area contributed by atoms with Crippen molar-refractivity contribution in [3.8, 4) is 50.2 Å². The minimum atomic E-state index is 1.08. The van der Waals surface area contributed by atoms with E-state index < -0.39 is 0 Å². The Morgan fingerprint density at radius 3 is 1.55 bits per heavy atom. The van der Waals surface area contributed by atoms with E-state index in [9.17, 15) is 0 Å². The van der Waals surface area contributed by atoms with E-state index in [1.165, 1.54) is 66.0 Å². The summed E-state index contributed by atoms with van der Waals surface area (Å²) in [7, 11) is 0. The molecule has 1 heterocycles. The predicted octanol–water partition coefficient (Wildman–Crippen LogP) is 16.1. The first-order valence-electron chi connectivity index (χ1n) is 20.6. The molecule has 60 heavy (non-hydrogen) atoms. The van der Waals surface area contributed by atoms with E-state index in [0.29, 0.717) is 0 Å². The van der Waals surface area contributed by atoms with E-state index in [1.54, 1.807) is 0 Å². The van der Waals surface area contributed by atoms with Crippen molar-refractivity contribution in [1.82, 2.24) is 4.57 Å². The lowest BCUT2D eigenvalue weighted by molar-refractivity contribution is 1.18. The van der Waals surface area contributed by atoms with Gasteiger partial charge >= 0.3 is 0 Å². The fourth-order valence-corrected chi connectivity index (χ4v) is 9.02. The summed E-state index contributed by atoms with van der Waals surface area (Å²) in [6.07, 6.45) is 0. The lowest BCUT2D eigenvalue weighted by Gasteiger charge is -2.27. The molecule has 0 fully saturated rings. The molecule has 0 atom stereocenters. The maximum absolute atomic E-state index is 2.45. The lowest BCUT2D eigenvalue weighted by Crippen LogP contribution is -2.10. The van der Waals surface area contributed by atoms with Crippen LogP contribution in [0, 0.1) is 0 Å². The summed E-state index contributed by atoms with van der Waals surface area (Å²) < 4.78 is 2.45. The van der Waals surface area contributed by atoms with Gasteiger partial charge in [-0.1, -0.05) is 194 Å². The summed E-state index contributed by atoms with van der Waals surface area (Å²) in [6.45, 7) is 0. The highest BCUT2D eigenvalue weighted by molar-refractivity contribution is 6.11. The maximum atomic E-state index is 2.45.